The second kappa shape index (κ2) is 4.41. The van der Waals surface area contributed by atoms with E-state index in [9.17, 15) is 4.79 Å². The third kappa shape index (κ3) is 2.44. The van der Waals surface area contributed by atoms with Crippen molar-refractivity contribution in [2.75, 3.05) is 5.75 Å². The zero-order valence-corrected chi connectivity index (χ0v) is 9.76. The monoisotopic (exact) mass is 220 g/mol. The second-order valence-corrected chi connectivity index (χ2v) is 4.85. The predicted molar refractivity (Wildman–Crippen MR) is 63.9 cm³/mol. The highest BCUT2D eigenvalue weighted by atomic mass is 32.2. The number of carbonyl (C=O) groups is 1. The third-order valence-electron chi connectivity index (χ3n) is 2.49. The van der Waals surface area contributed by atoms with E-state index in [1.54, 1.807) is 18.7 Å². The van der Waals surface area contributed by atoms with Gasteiger partial charge in [-0.1, -0.05) is 19.0 Å². The molecule has 0 amide bonds. The van der Waals surface area contributed by atoms with Crippen LogP contribution < -0.4 is 5.46 Å². The number of benzene rings is 1. The molecule has 0 saturated carbocycles. The highest BCUT2D eigenvalue weighted by molar-refractivity contribution is 8.00. The molecular weight excluding hydrogens is 207 g/mol. The molecule has 1 aliphatic heterocycles. The Labute approximate surface area is 94.5 Å². The molecule has 0 saturated heterocycles. The van der Waals surface area contributed by atoms with Gasteiger partial charge in [0.1, 0.15) is 5.78 Å². The molecule has 1 heterocycles. The van der Waals surface area contributed by atoms with E-state index in [0.717, 1.165) is 4.90 Å². The Balaban J connectivity index is 2.14. The minimum atomic E-state index is 0.192. The molecule has 78 valence electrons. The molecule has 0 radical (unpaired) electrons. The predicted octanol–water partition coefficient (Wildman–Crippen LogP) is 1.73. The van der Waals surface area contributed by atoms with Crippen LogP contribution in [0.2, 0.25) is 6.82 Å². The molecule has 4 heteroatoms. The van der Waals surface area contributed by atoms with E-state index >= 15 is 0 Å². The fourth-order valence-corrected chi connectivity index (χ4v) is 2.41. The van der Waals surface area contributed by atoms with Gasteiger partial charge >= 0.3 is 6.92 Å². The number of rotatable bonds is 3. The largest absolute Gasteiger partial charge is 0.427 e. The molecule has 15 heavy (non-hydrogen) atoms. The molecule has 1 aromatic carbocycles. The summed E-state index contributed by atoms with van der Waals surface area (Å²) in [7, 11) is 0. The van der Waals surface area contributed by atoms with E-state index in [4.69, 9.17) is 4.65 Å². The van der Waals surface area contributed by atoms with Crippen LogP contribution >= 0.6 is 11.8 Å². The summed E-state index contributed by atoms with van der Waals surface area (Å²) in [5.41, 5.74) is 2.54. The first kappa shape index (κ1) is 10.8. The van der Waals surface area contributed by atoms with Gasteiger partial charge in [0.2, 0.25) is 0 Å². The molecule has 0 atom stereocenters. The molecule has 2 nitrogen and oxygen atoms in total. The first-order valence-corrected chi connectivity index (χ1v) is 6.02. The van der Waals surface area contributed by atoms with Crippen LogP contribution in [0.1, 0.15) is 12.5 Å². The Morgan fingerprint density at radius 2 is 2.40 bits per heavy atom. The summed E-state index contributed by atoms with van der Waals surface area (Å²) in [6.07, 6.45) is 0. The van der Waals surface area contributed by atoms with Gasteiger partial charge in [0.05, 0.1) is 12.4 Å². The zero-order chi connectivity index (χ0) is 10.8. The van der Waals surface area contributed by atoms with Gasteiger partial charge in [-0.15, -0.1) is 11.8 Å². The molecule has 0 aliphatic carbocycles. The molecular formula is C11H13BO2S. The van der Waals surface area contributed by atoms with Crippen LogP contribution in [0.15, 0.2) is 23.1 Å². The fraction of sp³-hybridized carbons (Fsp3) is 0.364. The average Bonchev–Trinajstić information content (AvgIpc) is 2.57. The normalized spacial score (nSPS) is 14.1. The summed E-state index contributed by atoms with van der Waals surface area (Å²) >= 11 is 1.59. The number of hydrogen-bond acceptors (Lipinski definition) is 3. The SMILES string of the molecule is CB1OCc2ccc(SCC(C)=O)cc21. The Kier molecular flexibility index (Phi) is 3.17. The van der Waals surface area contributed by atoms with Crippen LogP contribution in [0.3, 0.4) is 0 Å². The number of thioether (sulfide) groups is 1. The number of carbonyl (C=O) groups excluding carboxylic acids is 1. The lowest BCUT2D eigenvalue weighted by molar-refractivity contribution is -0.114. The first-order chi connectivity index (χ1) is 7.16. The van der Waals surface area contributed by atoms with Gasteiger partial charge in [-0.3, -0.25) is 4.79 Å². The van der Waals surface area contributed by atoms with E-state index in [1.807, 2.05) is 0 Å². The average molecular weight is 220 g/mol. The van der Waals surface area contributed by atoms with Crippen molar-refractivity contribution in [2.24, 2.45) is 0 Å². The van der Waals surface area contributed by atoms with E-state index in [2.05, 4.69) is 25.0 Å². The van der Waals surface area contributed by atoms with Gasteiger partial charge in [-0.25, -0.2) is 0 Å². The van der Waals surface area contributed by atoms with E-state index in [0.29, 0.717) is 12.4 Å². The van der Waals surface area contributed by atoms with Gasteiger partial charge in [0, 0.05) is 4.90 Å². The van der Waals surface area contributed by atoms with Crippen molar-refractivity contribution >= 4 is 29.9 Å². The number of ketones is 1. The molecule has 0 bridgehead atoms. The summed E-state index contributed by atoms with van der Waals surface area (Å²) in [5, 5.41) is 0. The van der Waals surface area contributed by atoms with Crippen molar-refractivity contribution < 1.29 is 9.45 Å². The van der Waals surface area contributed by atoms with Gasteiger partial charge in [0.15, 0.2) is 0 Å². The molecule has 1 aromatic rings. The summed E-state index contributed by atoms with van der Waals surface area (Å²) in [6, 6.07) is 6.30. The number of Topliss-reactive ketones (excluding diaryl/α,β-unsaturated/α-hetero) is 1. The van der Waals surface area contributed by atoms with Crippen molar-refractivity contribution in [3.05, 3.63) is 23.8 Å². The van der Waals surface area contributed by atoms with Gasteiger partial charge < -0.3 is 4.65 Å². The summed E-state index contributed by atoms with van der Waals surface area (Å²) in [5.74, 6) is 0.762. The van der Waals surface area contributed by atoms with Crippen LogP contribution in [0.4, 0.5) is 0 Å². The molecule has 0 N–H and O–H groups in total. The van der Waals surface area contributed by atoms with Crippen LogP contribution in [0, 0.1) is 0 Å². The van der Waals surface area contributed by atoms with Crippen molar-refractivity contribution in [2.45, 2.75) is 25.2 Å². The minimum absolute atomic E-state index is 0.192. The van der Waals surface area contributed by atoms with Crippen LogP contribution in [-0.2, 0) is 16.1 Å². The Bertz CT molecular complexity index is 392. The molecule has 0 spiro atoms. The maximum Gasteiger partial charge on any atom is 0.324 e. The van der Waals surface area contributed by atoms with E-state index in [-0.39, 0.29) is 12.7 Å². The number of fused-ring (bicyclic) bond motifs is 1. The lowest BCUT2D eigenvalue weighted by atomic mass is 9.64. The molecule has 1 aliphatic rings. The van der Waals surface area contributed by atoms with Gasteiger partial charge in [-0.05, 0) is 24.0 Å². The van der Waals surface area contributed by atoms with Crippen molar-refractivity contribution in [3.63, 3.8) is 0 Å². The number of hydrogen-bond donors (Lipinski definition) is 0. The Morgan fingerprint density at radius 1 is 1.60 bits per heavy atom. The van der Waals surface area contributed by atoms with Gasteiger partial charge in [0.25, 0.3) is 0 Å². The quantitative estimate of drug-likeness (QED) is 0.573. The highest BCUT2D eigenvalue weighted by Crippen LogP contribution is 2.20. The molecule has 2 rings (SSSR count). The standard InChI is InChI=1S/C11H13BO2S/c1-8(13)7-15-10-4-3-9-6-14-12(2)11(9)5-10/h3-5H,6-7H2,1-2H3. The Morgan fingerprint density at radius 3 is 3.13 bits per heavy atom. The summed E-state index contributed by atoms with van der Waals surface area (Å²) in [6.45, 7) is 4.59. The van der Waals surface area contributed by atoms with Crippen molar-refractivity contribution in [1.29, 1.82) is 0 Å². The molecule has 0 fully saturated rings. The lowest BCUT2D eigenvalue weighted by Gasteiger charge is -2.03. The fourth-order valence-electron chi connectivity index (χ4n) is 1.66. The Hall–Kier alpha value is -0.735. The summed E-state index contributed by atoms with van der Waals surface area (Å²) in [4.78, 5) is 12.0. The third-order valence-corrected chi connectivity index (χ3v) is 3.62. The van der Waals surface area contributed by atoms with Crippen LogP contribution in [0.25, 0.3) is 0 Å². The van der Waals surface area contributed by atoms with Crippen LogP contribution in [-0.4, -0.2) is 18.5 Å². The minimum Gasteiger partial charge on any atom is -0.427 e. The maximum atomic E-state index is 10.9. The van der Waals surface area contributed by atoms with Crippen molar-refractivity contribution in [1.82, 2.24) is 0 Å². The van der Waals surface area contributed by atoms with Crippen molar-refractivity contribution in [3.8, 4) is 0 Å². The zero-order valence-electron chi connectivity index (χ0n) is 8.95. The summed E-state index contributed by atoms with van der Waals surface area (Å²) < 4.78 is 5.53. The lowest BCUT2D eigenvalue weighted by Crippen LogP contribution is -2.24. The molecule has 0 unspecified atom stereocenters. The smallest absolute Gasteiger partial charge is 0.324 e. The van der Waals surface area contributed by atoms with Crippen LogP contribution in [0.5, 0.6) is 0 Å². The molecule has 0 aromatic heterocycles. The maximum absolute atomic E-state index is 10.9. The topological polar surface area (TPSA) is 26.3 Å². The second-order valence-electron chi connectivity index (χ2n) is 3.80. The van der Waals surface area contributed by atoms with Gasteiger partial charge in [-0.2, -0.15) is 0 Å². The highest BCUT2D eigenvalue weighted by Gasteiger charge is 2.23. The van der Waals surface area contributed by atoms with E-state index in [1.165, 1.54) is 11.0 Å². The first-order valence-electron chi connectivity index (χ1n) is 5.03. The van der Waals surface area contributed by atoms with E-state index < -0.39 is 0 Å².